The first-order valence-electron chi connectivity index (χ1n) is 6.18. The van der Waals surface area contributed by atoms with Crippen molar-refractivity contribution in [3.8, 4) is 5.75 Å². The molecule has 0 amide bonds. The number of carbonyl (C=O) groups excluding carboxylic acids is 1. The Morgan fingerprint density at radius 3 is 2.63 bits per heavy atom. The molecule has 0 bridgehead atoms. The maximum absolute atomic E-state index is 12.0. The lowest BCUT2D eigenvalue weighted by Gasteiger charge is -2.14. The highest BCUT2D eigenvalue weighted by Gasteiger charge is 2.23. The van der Waals surface area contributed by atoms with E-state index in [1.54, 1.807) is 23.5 Å². The van der Waals surface area contributed by atoms with Gasteiger partial charge < -0.3 is 9.84 Å². The third-order valence-corrected chi connectivity index (χ3v) is 3.82. The molecular formula is C15H16O3S. The predicted octanol–water partition coefficient (Wildman–Crippen LogP) is 3.34. The number of ether oxygens (including phenoxy) is 1. The van der Waals surface area contributed by atoms with E-state index in [-0.39, 0.29) is 17.6 Å². The van der Waals surface area contributed by atoms with Gasteiger partial charge in [0.25, 0.3) is 0 Å². The predicted molar refractivity (Wildman–Crippen MR) is 75.5 cm³/mol. The fourth-order valence-electron chi connectivity index (χ4n) is 1.90. The minimum Gasteiger partial charge on any atom is -0.508 e. The number of benzene rings is 1. The lowest BCUT2D eigenvalue weighted by atomic mass is 9.98. The van der Waals surface area contributed by atoms with Crippen molar-refractivity contribution in [2.24, 2.45) is 0 Å². The Bertz CT molecular complexity index is 517. The number of hydrogen-bond acceptors (Lipinski definition) is 4. The van der Waals surface area contributed by atoms with Gasteiger partial charge in [-0.3, -0.25) is 4.79 Å². The van der Waals surface area contributed by atoms with Crippen LogP contribution in [-0.4, -0.2) is 17.7 Å². The van der Waals surface area contributed by atoms with E-state index in [1.807, 2.05) is 36.6 Å². The van der Waals surface area contributed by atoms with Crippen LogP contribution in [0, 0.1) is 0 Å². The number of hydrogen-bond donors (Lipinski definition) is 1. The van der Waals surface area contributed by atoms with E-state index >= 15 is 0 Å². The molecule has 0 radical (unpaired) electrons. The van der Waals surface area contributed by atoms with Crippen molar-refractivity contribution in [1.82, 2.24) is 0 Å². The number of phenolic OH excluding ortho intramolecular Hbond substituents is 1. The van der Waals surface area contributed by atoms with E-state index in [1.165, 1.54) is 0 Å². The van der Waals surface area contributed by atoms with Crippen molar-refractivity contribution in [2.75, 3.05) is 6.61 Å². The summed E-state index contributed by atoms with van der Waals surface area (Å²) < 4.78 is 5.14. The molecule has 1 aromatic heterocycles. The van der Waals surface area contributed by atoms with Gasteiger partial charge in [-0.2, -0.15) is 0 Å². The number of esters is 1. The number of aromatic hydroxyl groups is 1. The second kappa shape index (κ2) is 6.38. The average Bonchev–Trinajstić information content (AvgIpc) is 2.92. The smallest absolute Gasteiger partial charge is 0.314 e. The maximum atomic E-state index is 12.0. The highest BCUT2D eigenvalue weighted by molar-refractivity contribution is 7.10. The van der Waals surface area contributed by atoms with Gasteiger partial charge in [0, 0.05) is 4.88 Å². The van der Waals surface area contributed by atoms with Crippen LogP contribution in [0.15, 0.2) is 41.8 Å². The van der Waals surface area contributed by atoms with Crippen molar-refractivity contribution in [2.45, 2.75) is 19.3 Å². The van der Waals surface area contributed by atoms with Crippen molar-refractivity contribution in [3.05, 3.63) is 52.2 Å². The standard InChI is InChI=1S/C15H16O3S/c1-2-18-15(17)13(14-4-3-9-19-14)10-11-5-7-12(16)8-6-11/h3-9,13,16H,2,10H2,1H3. The van der Waals surface area contributed by atoms with Crippen LogP contribution < -0.4 is 0 Å². The quantitative estimate of drug-likeness (QED) is 0.852. The number of rotatable bonds is 5. The molecule has 1 N–H and O–H groups in total. The molecule has 0 saturated heterocycles. The van der Waals surface area contributed by atoms with Gasteiger partial charge >= 0.3 is 5.97 Å². The molecule has 3 nitrogen and oxygen atoms in total. The lowest BCUT2D eigenvalue weighted by Crippen LogP contribution is -2.17. The van der Waals surface area contributed by atoms with Gasteiger partial charge in [0.1, 0.15) is 5.75 Å². The second-order valence-electron chi connectivity index (χ2n) is 4.19. The van der Waals surface area contributed by atoms with Crippen LogP contribution in [0.1, 0.15) is 23.3 Å². The van der Waals surface area contributed by atoms with Crippen LogP contribution in [0.2, 0.25) is 0 Å². The fourth-order valence-corrected chi connectivity index (χ4v) is 2.72. The first-order chi connectivity index (χ1) is 9.20. The van der Waals surface area contributed by atoms with Gasteiger partial charge in [-0.05, 0) is 42.5 Å². The molecule has 1 aromatic carbocycles. The van der Waals surface area contributed by atoms with Gasteiger partial charge in [0.05, 0.1) is 12.5 Å². The van der Waals surface area contributed by atoms with E-state index < -0.39 is 0 Å². The van der Waals surface area contributed by atoms with Crippen molar-refractivity contribution in [3.63, 3.8) is 0 Å². The summed E-state index contributed by atoms with van der Waals surface area (Å²) in [7, 11) is 0. The molecule has 1 atom stereocenters. The van der Waals surface area contributed by atoms with Crippen LogP contribution >= 0.6 is 11.3 Å². The Kier molecular flexibility index (Phi) is 4.58. The lowest BCUT2D eigenvalue weighted by molar-refractivity contribution is -0.144. The van der Waals surface area contributed by atoms with Gasteiger partial charge in [0.15, 0.2) is 0 Å². The van der Waals surface area contributed by atoms with Crippen LogP contribution in [0.25, 0.3) is 0 Å². The minimum atomic E-state index is -0.274. The summed E-state index contributed by atoms with van der Waals surface area (Å²) in [6, 6.07) is 10.8. The highest BCUT2D eigenvalue weighted by atomic mass is 32.1. The molecule has 1 heterocycles. The molecule has 0 aliphatic rings. The zero-order valence-electron chi connectivity index (χ0n) is 10.7. The van der Waals surface area contributed by atoms with E-state index in [4.69, 9.17) is 4.74 Å². The largest absolute Gasteiger partial charge is 0.508 e. The summed E-state index contributed by atoms with van der Waals surface area (Å²) in [5.41, 5.74) is 1.00. The molecule has 0 aliphatic heterocycles. The van der Waals surface area contributed by atoms with Crippen molar-refractivity contribution >= 4 is 17.3 Å². The molecule has 0 fully saturated rings. The molecule has 2 aromatic rings. The molecule has 0 spiro atoms. The zero-order valence-corrected chi connectivity index (χ0v) is 11.5. The topological polar surface area (TPSA) is 46.5 Å². The molecule has 2 rings (SSSR count). The van der Waals surface area contributed by atoms with E-state index in [0.29, 0.717) is 13.0 Å². The Labute approximate surface area is 116 Å². The third-order valence-electron chi connectivity index (χ3n) is 2.83. The normalized spacial score (nSPS) is 12.1. The number of carbonyl (C=O) groups is 1. The van der Waals surface area contributed by atoms with Crippen molar-refractivity contribution in [1.29, 1.82) is 0 Å². The molecule has 0 saturated carbocycles. The monoisotopic (exact) mass is 276 g/mol. The first kappa shape index (κ1) is 13.6. The summed E-state index contributed by atoms with van der Waals surface area (Å²) in [4.78, 5) is 13.1. The molecule has 4 heteroatoms. The van der Waals surface area contributed by atoms with Crippen molar-refractivity contribution < 1.29 is 14.6 Å². The highest BCUT2D eigenvalue weighted by Crippen LogP contribution is 2.27. The molecular weight excluding hydrogens is 260 g/mol. The van der Waals surface area contributed by atoms with E-state index in [9.17, 15) is 9.90 Å². The summed E-state index contributed by atoms with van der Waals surface area (Å²) >= 11 is 1.56. The maximum Gasteiger partial charge on any atom is 0.314 e. The Morgan fingerprint density at radius 2 is 2.05 bits per heavy atom. The summed E-state index contributed by atoms with van der Waals surface area (Å²) in [6.07, 6.45) is 0.583. The van der Waals surface area contributed by atoms with Crippen LogP contribution in [-0.2, 0) is 16.0 Å². The second-order valence-corrected chi connectivity index (χ2v) is 5.17. The van der Waals surface area contributed by atoms with Gasteiger partial charge in [-0.25, -0.2) is 0 Å². The van der Waals surface area contributed by atoms with Gasteiger partial charge in [-0.1, -0.05) is 18.2 Å². The SMILES string of the molecule is CCOC(=O)C(Cc1ccc(O)cc1)c1cccs1. The van der Waals surface area contributed by atoms with Crippen LogP contribution in [0.5, 0.6) is 5.75 Å². The third kappa shape index (κ3) is 3.58. The average molecular weight is 276 g/mol. The molecule has 19 heavy (non-hydrogen) atoms. The molecule has 0 aliphatic carbocycles. The summed E-state index contributed by atoms with van der Waals surface area (Å²) in [5, 5.41) is 11.2. The fraction of sp³-hybridized carbons (Fsp3) is 0.267. The van der Waals surface area contributed by atoms with E-state index in [0.717, 1.165) is 10.4 Å². The van der Waals surface area contributed by atoms with Crippen LogP contribution in [0.4, 0.5) is 0 Å². The molecule has 1 unspecified atom stereocenters. The Balaban J connectivity index is 2.18. The van der Waals surface area contributed by atoms with E-state index in [2.05, 4.69) is 0 Å². The van der Waals surface area contributed by atoms with Gasteiger partial charge in [0.2, 0.25) is 0 Å². The number of thiophene rings is 1. The Hall–Kier alpha value is -1.81. The van der Waals surface area contributed by atoms with Crippen LogP contribution in [0.3, 0.4) is 0 Å². The minimum absolute atomic E-state index is 0.196. The summed E-state index contributed by atoms with van der Waals surface area (Å²) in [6.45, 7) is 2.19. The Morgan fingerprint density at radius 1 is 1.32 bits per heavy atom. The van der Waals surface area contributed by atoms with Gasteiger partial charge in [-0.15, -0.1) is 11.3 Å². The zero-order chi connectivity index (χ0) is 13.7. The first-order valence-corrected chi connectivity index (χ1v) is 7.06. The molecule has 100 valence electrons. The number of phenols is 1. The summed E-state index contributed by atoms with van der Waals surface area (Å²) in [5.74, 6) is -0.241.